The third kappa shape index (κ3) is 2.57. The van der Waals surface area contributed by atoms with Crippen molar-refractivity contribution < 1.29 is 14.9 Å². The number of hydrogen-bond acceptors (Lipinski definition) is 3. The molecule has 3 heteroatoms. The molecule has 0 saturated carbocycles. The largest absolute Gasteiger partial charge is 0.507 e. The number of benzene rings is 2. The number of hydrogen-bond donors (Lipinski definition) is 2. The van der Waals surface area contributed by atoms with Gasteiger partial charge in [-0.15, -0.1) is 0 Å². The van der Waals surface area contributed by atoms with Crippen LogP contribution in [-0.2, 0) is 0 Å². The molecule has 0 aromatic heterocycles. The Morgan fingerprint density at radius 2 is 1.72 bits per heavy atom. The average molecular weight is 246 g/mol. The van der Waals surface area contributed by atoms with Gasteiger partial charge in [0.2, 0.25) is 0 Å². The second kappa shape index (κ2) is 4.86. The maximum atomic E-state index is 9.80. The fourth-order valence-corrected chi connectivity index (χ4v) is 1.97. The van der Waals surface area contributed by atoms with Crippen molar-refractivity contribution in [3.63, 3.8) is 0 Å². The van der Waals surface area contributed by atoms with Gasteiger partial charge < -0.3 is 14.9 Å². The lowest BCUT2D eigenvalue weighted by molar-refractivity contribution is 0.0781. The van der Waals surface area contributed by atoms with Gasteiger partial charge in [-0.25, -0.2) is 0 Å². The summed E-state index contributed by atoms with van der Waals surface area (Å²) in [5, 5.41) is 20.5. The Labute approximate surface area is 107 Å². The SMILES string of the molecule is CC(C)(CCO)Oc1cccc2c(O)cccc12. The molecule has 0 fully saturated rings. The van der Waals surface area contributed by atoms with E-state index < -0.39 is 5.60 Å². The zero-order chi connectivity index (χ0) is 13.2. The van der Waals surface area contributed by atoms with Crippen molar-refractivity contribution in [2.24, 2.45) is 0 Å². The average Bonchev–Trinajstić information content (AvgIpc) is 2.30. The van der Waals surface area contributed by atoms with Gasteiger partial charge in [0.1, 0.15) is 17.1 Å². The number of phenolic OH excluding ortho intramolecular Hbond substituents is 1. The van der Waals surface area contributed by atoms with Crippen LogP contribution < -0.4 is 4.74 Å². The summed E-state index contributed by atoms with van der Waals surface area (Å²) in [5.74, 6) is 0.972. The number of aromatic hydroxyl groups is 1. The van der Waals surface area contributed by atoms with E-state index in [4.69, 9.17) is 9.84 Å². The lowest BCUT2D eigenvalue weighted by Gasteiger charge is -2.26. The maximum Gasteiger partial charge on any atom is 0.128 e. The molecular formula is C15H18O3. The molecule has 2 rings (SSSR count). The van der Waals surface area contributed by atoms with Crippen molar-refractivity contribution in [2.75, 3.05) is 6.61 Å². The third-order valence-corrected chi connectivity index (χ3v) is 2.96. The van der Waals surface area contributed by atoms with Crippen molar-refractivity contribution >= 4 is 10.8 Å². The molecule has 0 spiro atoms. The standard InChI is InChI=1S/C15H18O3/c1-15(2,9-10-16)18-14-8-4-5-11-12(14)6-3-7-13(11)17/h3-8,16-17H,9-10H2,1-2H3. The van der Waals surface area contributed by atoms with E-state index in [-0.39, 0.29) is 12.4 Å². The normalized spacial score (nSPS) is 11.7. The Kier molecular flexibility index (Phi) is 3.43. The van der Waals surface area contributed by atoms with Gasteiger partial charge >= 0.3 is 0 Å². The molecule has 0 heterocycles. The van der Waals surface area contributed by atoms with Crippen LogP contribution in [0.5, 0.6) is 11.5 Å². The summed E-state index contributed by atoms with van der Waals surface area (Å²) in [4.78, 5) is 0. The van der Waals surface area contributed by atoms with Gasteiger partial charge in [-0.2, -0.15) is 0 Å². The van der Waals surface area contributed by atoms with Crippen molar-refractivity contribution in [2.45, 2.75) is 25.9 Å². The highest BCUT2D eigenvalue weighted by Gasteiger charge is 2.20. The van der Waals surface area contributed by atoms with E-state index in [9.17, 15) is 5.11 Å². The van der Waals surface area contributed by atoms with Crippen LogP contribution in [0.4, 0.5) is 0 Å². The summed E-state index contributed by atoms with van der Waals surface area (Å²) in [7, 11) is 0. The Hall–Kier alpha value is -1.74. The van der Waals surface area contributed by atoms with E-state index in [1.165, 1.54) is 0 Å². The van der Waals surface area contributed by atoms with E-state index in [1.807, 2.05) is 38.1 Å². The molecule has 0 aliphatic rings. The van der Waals surface area contributed by atoms with Crippen LogP contribution in [0.15, 0.2) is 36.4 Å². The summed E-state index contributed by atoms with van der Waals surface area (Å²) in [6.45, 7) is 3.96. The maximum absolute atomic E-state index is 9.80. The summed E-state index contributed by atoms with van der Waals surface area (Å²) >= 11 is 0. The molecule has 18 heavy (non-hydrogen) atoms. The second-order valence-electron chi connectivity index (χ2n) is 4.96. The Bertz CT molecular complexity index is 546. The topological polar surface area (TPSA) is 49.7 Å². The number of aliphatic hydroxyl groups excluding tert-OH is 1. The summed E-state index contributed by atoms with van der Waals surface area (Å²) < 4.78 is 5.94. The first-order valence-corrected chi connectivity index (χ1v) is 6.04. The Morgan fingerprint density at radius 3 is 2.44 bits per heavy atom. The Morgan fingerprint density at radius 1 is 1.06 bits per heavy atom. The van der Waals surface area contributed by atoms with Gasteiger partial charge in [0.15, 0.2) is 0 Å². The van der Waals surface area contributed by atoms with E-state index in [1.54, 1.807) is 12.1 Å². The van der Waals surface area contributed by atoms with Crippen LogP contribution in [0, 0.1) is 0 Å². The van der Waals surface area contributed by atoms with Crippen LogP contribution in [0.2, 0.25) is 0 Å². The van der Waals surface area contributed by atoms with Crippen LogP contribution >= 0.6 is 0 Å². The predicted octanol–water partition coefficient (Wildman–Crippen LogP) is 3.09. The number of aliphatic hydroxyl groups is 1. The minimum absolute atomic E-state index is 0.0863. The highest BCUT2D eigenvalue weighted by molar-refractivity contribution is 5.92. The van der Waals surface area contributed by atoms with Crippen LogP contribution in [-0.4, -0.2) is 22.4 Å². The molecule has 96 valence electrons. The first-order valence-electron chi connectivity index (χ1n) is 6.04. The fraction of sp³-hybridized carbons (Fsp3) is 0.333. The van der Waals surface area contributed by atoms with Crippen LogP contribution in [0.3, 0.4) is 0 Å². The smallest absolute Gasteiger partial charge is 0.128 e. The number of fused-ring (bicyclic) bond motifs is 1. The number of ether oxygens (including phenoxy) is 1. The zero-order valence-corrected chi connectivity index (χ0v) is 10.7. The lowest BCUT2D eigenvalue weighted by atomic mass is 10.0. The minimum Gasteiger partial charge on any atom is -0.507 e. The monoisotopic (exact) mass is 246 g/mol. The minimum atomic E-state index is -0.436. The molecule has 0 bridgehead atoms. The van der Waals surface area contributed by atoms with Crippen molar-refractivity contribution in [1.82, 2.24) is 0 Å². The van der Waals surface area contributed by atoms with Gasteiger partial charge in [-0.05, 0) is 26.0 Å². The summed E-state index contributed by atoms with van der Waals surface area (Å²) in [6, 6.07) is 11.0. The van der Waals surface area contributed by atoms with Crippen LogP contribution in [0.25, 0.3) is 10.8 Å². The summed E-state index contributed by atoms with van der Waals surface area (Å²) in [5.41, 5.74) is -0.436. The first-order chi connectivity index (χ1) is 8.53. The lowest BCUT2D eigenvalue weighted by Crippen LogP contribution is -2.29. The highest BCUT2D eigenvalue weighted by atomic mass is 16.5. The van der Waals surface area contributed by atoms with Crippen molar-refractivity contribution in [3.05, 3.63) is 36.4 Å². The predicted molar refractivity (Wildman–Crippen MR) is 72.0 cm³/mol. The van der Waals surface area contributed by atoms with Gasteiger partial charge in [0.05, 0.1) is 0 Å². The highest BCUT2D eigenvalue weighted by Crippen LogP contribution is 2.33. The molecule has 0 unspecified atom stereocenters. The summed E-state index contributed by atoms with van der Waals surface area (Å²) in [6.07, 6.45) is 0.558. The van der Waals surface area contributed by atoms with Crippen LogP contribution in [0.1, 0.15) is 20.3 Å². The van der Waals surface area contributed by atoms with E-state index in [0.29, 0.717) is 6.42 Å². The Balaban J connectivity index is 2.43. The van der Waals surface area contributed by atoms with E-state index in [2.05, 4.69) is 0 Å². The zero-order valence-electron chi connectivity index (χ0n) is 10.7. The van der Waals surface area contributed by atoms with Crippen molar-refractivity contribution in [3.8, 4) is 11.5 Å². The number of phenols is 1. The molecule has 0 aliphatic heterocycles. The molecule has 0 amide bonds. The van der Waals surface area contributed by atoms with Gasteiger partial charge in [0, 0.05) is 23.8 Å². The van der Waals surface area contributed by atoms with E-state index >= 15 is 0 Å². The van der Waals surface area contributed by atoms with E-state index in [0.717, 1.165) is 16.5 Å². The van der Waals surface area contributed by atoms with Gasteiger partial charge in [0.25, 0.3) is 0 Å². The number of rotatable bonds is 4. The molecule has 2 N–H and O–H groups in total. The third-order valence-electron chi connectivity index (χ3n) is 2.96. The molecule has 0 atom stereocenters. The van der Waals surface area contributed by atoms with Crippen molar-refractivity contribution in [1.29, 1.82) is 0 Å². The van der Waals surface area contributed by atoms with Gasteiger partial charge in [-0.3, -0.25) is 0 Å². The first kappa shape index (κ1) is 12.7. The molecular weight excluding hydrogens is 228 g/mol. The molecule has 0 aliphatic carbocycles. The van der Waals surface area contributed by atoms with Gasteiger partial charge in [-0.1, -0.05) is 24.3 Å². The second-order valence-corrected chi connectivity index (χ2v) is 4.96. The molecule has 2 aromatic carbocycles. The fourth-order valence-electron chi connectivity index (χ4n) is 1.97. The molecule has 3 nitrogen and oxygen atoms in total. The molecule has 2 aromatic rings. The molecule has 0 saturated heterocycles. The molecule has 0 radical (unpaired) electrons. The quantitative estimate of drug-likeness (QED) is 0.871.